The van der Waals surface area contributed by atoms with Crippen molar-refractivity contribution in [3.8, 4) is 0 Å². The van der Waals surface area contributed by atoms with E-state index in [4.69, 9.17) is 8.94 Å². The van der Waals surface area contributed by atoms with E-state index in [0.29, 0.717) is 12.1 Å². The van der Waals surface area contributed by atoms with Crippen LogP contribution >= 0.6 is 0 Å². The number of fused-ring (bicyclic) bond motifs is 1. The lowest BCUT2D eigenvalue weighted by Gasteiger charge is -2.34. The highest BCUT2D eigenvalue weighted by atomic mass is 16.5. The van der Waals surface area contributed by atoms with Gasteiger partial charge in [-0.1, -0.05) is 23.7 Å². The van der Waals surface area contributed by atoms with E-state index in [9.17, 15) is 4.79 Å². The molecular weight excluding hydrogens is 306 g/mol. The minimum atomic E-state index is -0.290. The Hall–Kier alpha value is -2.34. The van der Waals surface area contributed by atoms with Crippen LogP contribution in [0.15, 0.2) is 44.1 Å². The number of para-hydroxylation sites is 2. The normalized spacial score (nSPS) is 19.1. The molecule has 0 bridgehead atoms. The van der Waals surface area contributed by atoms with Gasteiger partial charge in [0.25, 0.3) is 0 Å². The summed E-state index contributed by atoms with van der Waals surface area (Å²) >= 11 is 0. The van der Waals surface area contributed by atoms with Gasteiger partial charge in [-0.25, -0.2) is 4.79 Å². The number of nitrogens with zero attached hydrogens (tertiary/aromatic N) is 3. The van der Waals surface area contributed by atoms with E-state index in [1.165, 1.54) is 12.8 Å². The zero-order valence-electron chi connectivity index (χ0n) is 13.8. The molecule has 3 heterocycles. The van der Waals surface area contributed by atoms with Crippen molar-refractivity contribution in [3.63, 3.8) is 0 Å². The Balaban J connectivity index is 1.55. The zero-order chi connectivity index (χ0) is 16.5. The van der Waals surface area contributed by atoms with Gasteiger partial charge in [0.05, 0.1) is 11.6 Å². The van der Waals surface area contributed by atoms with Crippen molar-refractivity contribution in [2.45, 2.75) is 38.8 Å². The van der Waals surface area contributed by atoms with E-state index in [1.807, 2.05) is 37.3 Å². The summed E-state index contributed by atoms with van der Waals surface area (Å²) in [6.07, 6.45) is 3.45. The fraction of sp³-hybridized carbons (Fsp3) is 0.444. The maximum atomic E-state index is 12.1. The monoisotopic (exact) mass is 327 g/mol. The Labute approximate surface area is 139 Å². The Bertz CT molecular complexity index is 892. The maximum Gasteiger partial charge on any atom is 0.419 e. The van der Waals surface area contributed by atoms with Crippen LogP contribution in [0, 0.1) is 6.92 Å². The molecule has 0 aliphatic carbocycles. The van der Waals surface area contributed by atoms with Gasteiger partial charge in [-0.3, -0.25) is 9.47 Å². The summed E-state index contributed by atoms with van der Waals surface area (Å²) in [4.78, 5) is 14.5. The Morgan fingerprint density at radius 2 is 2.12 bits per heavy atom. The third kappa shape index (κ3) is 2.78. The summed E-state index contributed by atoms with van der Waals surface area (Å²) in [6.45, 7) is 4.34. The van der Waals surface area contributed by atoms with Gasteiger partial charge in [0.1, 0.15) is 11.5 Å². The van der Waals surface area contributed by atoms with Gasteiger partial charge < -0.3 is 8.94 Å². The predicted molar refractivity (Wildman–Crippen MR) is 89.9 cm³/mol. The lowest BCUT2D eigenvalue weighted by molar-refractivity contribution is 0.136. The summed E-state index contributed by atoms with van der Waals surface area (Å²) in [5.74, 6) is 0.551. The second-order valence-corrected chi connectivity index (χ2v) is 6.40. The topological polar surface area (TPSA) is 64.4 Å². The number of hydrogen-bond acceptors (Lipinski definition) is 5. The summed E-state index contributed by atoms with van der Waals surface area (Å²) in [5, 5.41) is 4.20. The molecule has 126 valence electrons. The van der Waals surface area contributed by atoms with Crippen molar-refractivity contribution in [2.75, 3.05) is 13.1 Å². The predicted octanol–water partition coefficient (Wildman–Crippen LogP) is 3.12. The third-order valence-corrected chi connectivity index (χ3v) is 4.79. The minimum absolute atomic E-state index is 0.269. The number of aromatic nitrogens is 2. The zero-order valence-corrected chi connectivity index (χ0v) is 13.8. The van der Waals surface area contributed by atoms with E-state index in [1.54, 1.807) is 4.57 Å². The second kappa shape index (κ2) is 6.28. The molecular formula is C18H21N3O3. The van der Waals surface area contributed by atoms with Gasteiger partial charge in [0, 0.05) is 19.2 Å². The number of rotatable bonds is 4. The number of benzene rings is 1. The average Bonchev–Trinajstić information content (AvgIpc) is 3.16. The number of likely N-dealkylation sites (tertiary alicyclic amines) is 1. The van der Waals surface area contributed by atoms with E-state index in [2.05, 4.69) is 10.1 Å². The fourth-order valence-corrected chi connectivity index (χ4v) is 3.59. The second-order valence-electron chi connectivity index (χ2n) is 6.40. The molecule has 0 spiro atoms. The highest BCUT2D eigenvalue weighted by molar-refractivity contribution is 5.72. The fourth-order valence-electron chi connectivity index (χ4n) is 3.59. The van der Waals surface area contributed by atoms with E-state index in [0.717, 1.165) is 36.5 Å². The smallest absolute Gasteiger partial charge is 0.408 e. The summed E-state index contributed by atoms with van der Waals surface area (Å²) in [7, 11) is 0. The molecule has 2 aromatic heterocycles. The number of hydrogen-bond donors (Lipinski definition) is 0. The van der Waals surface area contributed by atoms with Crippen LogP contribution in [0.1, 0.15) is 36.8 Å². The van der Waals surface area contributed by atoms with Crippen molar-refractivity contribution in [3.05, 3.63) is 52.3 Å². The van der Waals surface area contributed by atoms with Crippen LogP contribution in [0.3, 0.4) is 0 Å². The largest absolute Gasteiger partial charge is 0.419 e. The lowest BCUT2D eigenvalue weighted by Crippen LogP contribution is -2.37. The first-order chi connectivity index (χ1) is 11.7. The highest BCUT2D eigenvalue weighted by Gasteiger charge is 2.26. The van der Waals surface area contributed by atoms with Gasteiger partial charge in [0.2, 0.25) is 0 Å². The van der Waals surface area contributed by atoms with Crippen molar-refractivity contribution in [2.24, 2.45) is 0 Å². The lowest BCUT2D eigenvalue weighted by atomic mass is 9.99. The molecule has 1 atom stereocenters. The third-order valence-electron chi connectivity index (χ3n) is 4.79. The molecule has 0 radical (unpaired) electrons. The van der Waals surface area contributed by atoms with Crippen LogP contribution < -0.4 is 5.76 Å². The van der Waals surface area contributed by atoms with E-state index >= 15 is 0 Å². The van der Waals surface area contributed by atoms with E-state index < -0.39 is 0 Å². The molecule has 0 unspecified atom stereocenters. The van der Waals surface area contributed by atoms with Crippen LogP contribution in [0.2, 0.25) is 0 Å². The SMILES string of the molecule is Cc1cc([C@@H]2CCCCN2CCn2c(=O)oc3ccccc32)no1. The molecule has 0 saturated carbocycles. The van der Waals surface area contributed by atoms with Crippen molar-refractivity contribution in [1.29, 1.82) is 0 Å². The molecule has 1 aromatic carbocycles. The average molecular weight is 327 g/mol. The van der Waals surface area contributed by atoms with Gasteiger partial charge in [-0.05, 0) is 38.4 Å². The standard InChI is InChI=1S/C18H21N3O3/c1-13-12-14(19-24-13)15-6-4-5-9-20(15)10-11-21-16-7-2-3-8-17(16)23-18(21)22/h2-3,7-8,12,15H,4-6,9-11H2,1H3/t15-/m0/s1. The van der Waals surface area contributed by atoms with Crippen LogP contribution in [-0.4, -0.2) is 27.7 Å². The van der Waals surface area contributed by atoms with Crippen LogP contribution in [0.4, 0.5) is 0 Å². The van der Waals surface area contributed by atoms with Crippen molar-refractivity contribution in [1.82, 2.24) is 14.6 Å². The number of oxazole rings is 1. The molecule has 24 heavy (non-hydrogen) atoms. The summed E-state index contributed by atoms with van der Waals surface area (Å²) < 4.78 is 12.3. The molecule has 4 rings (SSSR count). The summed E-state index contributed by atoms with van der Waals surface area (Å²) in [6, 6.07) is 9.84. The Morgan fingerprint density at radius 3 is 2.96 bits per heavy atom. The molecule has 0 N–H and O–H groups in total. The molecule has 6 heteroatoms. The van der Waals surface area contributed by atoms with Crippen LogP contribution in [0.25, 0.3) is 11.1 Å². The first kappa shape index (κ1) is 15.2. The highest BCUT2D eigenvalue weighted by Crippen LogP contribution is 2.30. The minimum Gasteiger partial charge on any atom is -0.408 e. The number of aryl methyl sites for hydroxylation is 1. The Kier molecular flexibility index (Phi) is 3.98. The molecule has 6 nitrogen and oxygen atoms in total. The molecule has 3 aromatic rings. The maximum absolute atomic E-state index is 12.1. The summed E-state index contributed by atoms with van der Waals surface area (Å²) in [5.41, 5.74) is 2.50. The van der Waals surface area contributed by atoms with E-state index in [-0.39, 0.29) is 11.8 Å². The molecule has 0 amide bonds. The molecule has 1 fully saturated rings. The van der Waals surface area contributed by atoms with Crippen molar-refractivity contribution >= 4 is 11.1 Å². The molecule has 1 saturated heterocycles. The number of piperidine rings is 1. The van der Waals surface area contributed by atoms with Gasteiger partial charge >= 0.3 is 5.76 Å². The van der Waals surface area contributed by atoms with Gasteiger partial charge in [-0.15, -0.1) is 0 Å². The van der Waals surface area contributed by atoms with Crippen LogP contribution in [0.5, 0.6) is 0 Å². The Morgan fingerprint density at radius 1 is 1.25 bits per heavy atom. The molecule has 1 aliphatic rings. The van der Waals surface area contributed by atoms with Crippen LogP contribution in [-0.2, 0) is 6.54 Å². The van der Waals surface area contributed by atoms with Gasteiger partial charge in [0.15, 0.2) is 5.58 Å². The molecule has 1 aliphatic heterocycles. The first-order valence-electron chi connectivity index (χ1n) is 8.48. The van der Waals surface area contributed by atoms with Crippen molar-refractivity contribution < 1.29 is 8.94 Å². The first-order valence-corrected chi connectivity index (χ1v) is 8.48. The quantitative estimate of drug-likeness (QED) is 0.736. The van der Waals surface area contributed by atoms with Gasteiger partial charge in [-0.2, -0.15) is 0 Å².